The van der Waals surface area contributed by atoms with E-state index in [9.17, 15) is 18.0 Å². The van der Waals surface area contributed by atoms with Crippen LogP contribution in [-0.2, 0) is 11.0 Å². The van der Waals surface area contributed by atoms with Crippen molar-refractivity contribution >= 4 is 11.6 Å². The van der Waals surface area contributed by atoms with E-state index in [0.29, 0.717) is 0 Å². The third-order valence-electron chi connectivity index (χ3n) is 3.51. The molecule has 0 saturated carbocycles. The van der Waals surface area contributed by atoms with Crippen molar-refractivity contribution in [3.63, 3.8) is 0 Å². The summed E-state index contributed by atoms with van der Waals surface area (Å²) >= 11 is 0. The Balaban J connectivity index is 2.07. The zero-order chi connectivity index (χ0) is 14.8. The highest BCUT2D eigenvalue weighted by Gasteiger charge is 2.33. The second kappa shape index (κ2) is 5.83. The molecule has 0 spiro atoms. The minimum absolute atomic E-state index is 0.0488. The first-order valence-corrected chi connectivity index (χ1v) is 6.58. The molecule has 1 amide bonds. The molecule has 1 fully saturated rings. The summed E-state index contributed by atoms with van der Waals surface area (Å²) in [6, 6.07) is 3.94. The summed E-state index contributed by atoms with van der Waals surface area (Å²) in [5, 5.41) is 5.75. The van der Waals surface area contributed by atoms with Gasteiger partial charge in [-0.25, -0.2) is 0 Å². The fourth-order valence-electron chi connectivity index (χ4n) is 2.43. The normalized spacial score (nSPS) is 19.1. The summed E-state index contributed by atoms with van der Waals surface area (Å²) in [6.07, 6.45) is -2.16. The van der Waals surface area contributed by atoms with Gasteiger partial charge in [0.2, 0.25) is 5.91 Å². The van der Waals surface area contributed by atoms with E-state index in [1.807, 2.05) is 0 Å². The molecule has 1 aromatic rings. The Kier molecular flexibility index (Phi) is 4.32. The number of anilines is 1. The lowest BCUT2D eigenvalue weighted by atomic mass is 10.1. The van der Waals surface area contributed by atoms with E-state index < -0.39 is 11.7 Å². The first kappa shape index (κ1) is 14.8. The third kappa shape index (κ3) is 3.50. The smallest absolute Gasteiger partial charge is 0.326 e. The van der Waals surface area contributed by atoms with E-state index in [-0.39, 0.29) is 29.6 Å². The van der Waals surface area contributed by atoms with Crippen molar-refractivity contribution in [2.45, 2.75) is 38.4 Å². The number of hydrogen-bond acceptors (Lipinski definition) is 2. The monoisotopic (exact) mass is 286 g/mol. The second-order valence-corrected chi connectivity index (χ2v) is 5.02. The average molecular weight is 286 g/mol. The molecule has 1 aliphatic rings. The number of rotatable bonds is 3. The number of halogens is 3. The van der Waals surface area contributed by atoms with Gasteiger partial charge in [-0.15, -0.1) is 0 Å². The van der Waals surface area contributed by atoms with Crippen LogP contribution in [0.3, 0.4) is 0 Å². The molecule has 20 heavy (non-hydrogen) atoms. The molecule has 1 heterocycles. The Hall–Kier alpha value is -1.56. The zero-order valence-electron chi connectivity index (χ0n) is 11.2. The van der Waals surface area contributed by atoms with Crippen LogP contribution in [0.5, 0.6) is 0 Å². The van der Waals surface area contributed by atoms with Gasteiger partial charge in [-0.1, -0.05) is 6.07 Å². The number of carbonyl (C=O) groups is 1. The van der Waals surface area contributed by atoms with Crippen LogP contribution in [0, 0.1) is 6.92 Å². The molecule has 1 saturated heterocycles. The van der Waals surface area contributed by atoms with Gasteiger partial charge < -0.3 is 10.6 Å². The third-order valence-corrected chi connectivity index (χ3v) is 3.51. The second-order valence-electron chi connectivity index (χ2n) is 5.02. The lowest BCUT2D eigenvalue weighted by Crippen LogP contribution is -2.27. The van der Waals surface area contributed by atoms with Crippen LogP contribution in [0.1, 0.15) is 30.4 Å². The van der Waals surface area contributed by atoms with E-state index in [4.69, 9.17) is 0 Å². The molecule has 1 aliphatic heterocycles. The first-order valence-electron chi connectivity index (χ1n) is 6.58. The maximum atomic E-state index is 12.8. The van der Waals surface area contributed by atoms with Crippen molar-refractivity contribution in [1.29, 1.82) is 0 Å². The molecule has 1 aromatic carbocycles. The topological polar surface area (TPSA) is 41.1 Å². The largest absolute Gasteiger partial charge is 0.416 e. The average Bonchev–Trinajstić information content (AvgIpc) is 2.83. The van der Waals surface area contributed by atoms with Crippen LogP contribution in [0.4, 0.5) is 18.9 Å². The Morgan fingerprint density at radius 1 is 1.45 bits per heavy atom. The van der Waals surface area contributed by atoms with Gasteiger partial charge in [-0.05, 0) is 44.0 Å². The summed E-state index contributed by atoms with van der Waals surface area (Å²) in [7, 11) is 0. The van der Waals surface area contributed by atoms with E-state index >= 15 is 0 Å². The maximum absolute atomic E-state index is 12.8. The fourth-order valence-corrected chi connectivity index (χ4v) is 2.43. The molecule has 6 heteroatoms. The highest BCUT2D eigenvalue weighted by Crippen LogP contribution is 2.34. The van der Waals surface area contributed by atoms with Crippen LogP contribution in [0.2, 0.25) is 0 Å². The molecule has 110 valence electrons. The Morgan fingerprint density at radius 2 is 2.20 bits per heavy atom. The highest BCUT2D eigenvalue weighted by molar-refractivity contribution is 5.92. The van der Waals surface area contributed by atoms with Crippen LogP contribution < -0.4 is 10.6 Å². The number of nitrogens with one attached hydrogen (secondary N) is 2. The Labute approximate surface area is 115 Å². The quantitative estimate of drug-likeness (QED) is 0.896. The number of amides is 1. The molecular formula is C14H17F3N2O. The lowest BCUT2D eigenvalue weighted by Gasteiger charge is -2.15. The van der Waals surface area contributed by atoms with E-state index in [0.717, 1.165) is 25.5 Å². The highest BCUT2D eigenvalue weighted by atomic mass is 19.4. The van der Waals surface area contributed by atoms with Crippen molar-refractivity contribution in [2.75, 3.05) is 11.9 Å². The number of alkyl halides is 3. The minimum Gasteiger partial charge on any atom is -0.326 e. The van der Waals surface area contributed by atoms with E-state index in [2.05, 4.69) is 10.6 Å². The van der Waals surface area contributed by atoms with Crippen molar-refractivity contribution in [1.82, 2.24) is 5.32 Å². The van der Waals surface area contributed by atoms with Gasteiger partial charge in [-0.3, -0.25) is 4.79 Å². The Bertz CT molecular complexity index is 494. The van der Waals surface area contributed by atoms with E-state index in [1.54, 1.807) is 0 Å². The molecule has 0 bridgehead atoms. The summed E-state index contributed by atoms with van der Waals surface area (Å²) in [6.45, 7) is 2.26. The first-order chi connectivity index (χ1) is 9.38. The zero-order valence-corrected chi connectivity index (χ0v) is 11.2. The van der Waals surface area contributed by atoms with Gasteiger partial charge in [0.25, 0.3) is 0 Å². The predicted molar refractivity (Wildman–Crippen MR) is 70.5 cm³/mol. The maximum Gasteiger partial charge on any atom is 0.416 e. The summed E-state index contributed by atoms with van der Waals surface area (Å²) < 4.78 is 38.3. The standard InChI is InChI=1S/C14H17F3N2O/c1-9-11(14(15,16)17)5-2-6-12(9)19-13(20)8-10-4-3-7-18-10/h2,5-6,10,18H,3-4,7-8H2,1H3,(H,19,20). The molecule has 2 rings (SSSR count). The van der Waals surface area contributed by atoms with Crippen molar-refractivity contribution in [2.24, 2.45) is 0 Å². The minimum atomic E-state index is -4.40. The summed E-state index contributed by atoms with van der Waals surface area (Å²) in [5.74, 6) is -0.258. The molecule has 0 radical (unpaired) electrons. The number of carbonyl (C=O) groups excluding carboxylic acids is 1. The molecule has 0 aliphatic carbocycles. The summed E-state index contributed by atoms with van der Waals surface area (Å²) in [4.78, 5) is 11.8. The van der Waals surface area contributed by atoms with Gasteiger partial charge in [0.05, 0.1) is 5.56 Å². The molecule has 1 unspecified atom stereocenters. The lowest BCUT2D eigenvalue weighted by molar-refractivity contribution is -0.138. The number of benzene rings is 1. The molecular weight excluding hydrogens is 269 g/mol. The van der Waals surface area contributed by atoms with Crippen molar-refractivity contribution in [3.05, 3.63) is 29.3 Å². The van der Waals surface area contributed by atoms with Crippen LogP contribution in [0.15, 0.2) is 18.2 Å². The molecule has 2 N–H and O–H groups in total. The van der Waals surface area contributed by atoms with Gasteiger partial charge >= 0.3 is 6.18 Å². The van der Waals surface area contributed by atoms with Crippen molar-refractivity contribution in [3.8, 4) is 0 Å². The van der Waals surface area contributed by atoms with Crippen LogP contribution in [-0.4, -0.2) is 18.5 Å². The number of hydrogen-bond donors (Lipinski definition) is 2. The molecule has 3 nitrogen and oxygen atoms in total. The van der Waals surface area contributed by atoms with Crippen LogP contribution in [0.25, 0.3) is 0 Å². The van der Waals surface area contributed by atoms with Crippen LogP contribution >= 0.6 is 0 Å². The SMILES string of the molecule is Cc1c(NC(=O)CC2CCCN2)cccc1C(F)(F)F. The van der Waals surface area contributed by atoms with Crippen molar-refractivity contribution < 1.29 is 18.0 Å². The van der Waals surface area contributed by atoms with Gasteiger partial charge in [-0.2, -0.15) is 13.2 Å². The molecule has 0 aromatic heterocycles. The van der Waals surface area contributed by atoms with Gasteiger partial charge in [0.15, 0.2) is 0 Å². The van der Waals surface area contributed by atoms with Gasteiger partial charge in [0, 0.05) is 18.2 Å². The predicted octanol–water partition coefficient (Wildman–Crippen LogP) is 3.09. The van der Waals surface area contributed by atoms with Gasteiger partial charge in [0.1, 0.15) is 0 Å². The Morgan fingerprint density at radius 3 is 2.80 bits per heavy atom. The van der Waals surface area contributed by atoms with E-state index in [1.165, 1.54) is 19.1 Å². The summed E-state index contributed by atoms with van der Waals surface area (Å²) in [5.41, 5.74) is -0.440. The molecule has 1 atom stereocenters. The fraction of sp³-hybridized carbons (Fsp3) is 0.500.